The molecular weight excluding hydrogens is 180 g/mol. The maximum atomic E-state index is 5.58. The molecule has 0 aliphatic heterocycles. The summed E-state index contributed by atoms with van der Waals surface area (Å²) in [5.74, 6) is 1.10. The highest BCUT2D eigenvalue weighted by Crippen LogP contribution is 2.17. The van der Waals surface area contributed by atoms with Gasteiger partial charge in [0.15, 0.2) is 0 Å². The minimum atomic E-state index is 0.278. The first kappa shape index (κ1) is 9.06. The molecule has 0 fully saturated rings. The van der Waals surface area contributed by atoms with Gasteiger partial charge in [-0.2, -0.15) is 4.98 Å². The fraction of sp³-hybridized carbons (Fsp3) is 0.429. The Morgan fingerprint density at radius 3 is 2.67 bits per heavy atom. The van der Waals surface area contributed by atoms with E-state index in [1.165, 1.54) is 20.4 Å². The minimum absolute atomic E-state index is 0.278. The largest absolute Gasteiger partial charge is 0.480 e. The van der Waals surface area contributed by atoms with Crippen molar-refractivity contribution in [2.75, 3.05) is 14.2 Å². The van der Waals surface area contributed by atoms with Gasteiger partial charge in [0.1, 0.15) is 5.69 Å². The average molecular weight is 189 g/mol. The molecule has 0 aliphatic carbocycles. The van der Waals surface area contributed by atoms with Gasteiger partial charge in [0, 0.05) is 0 Å². The Balaban J connectivity index is 3.02. The first-order valence-corrected chi connectivity index (χ1v) is 3.85. The lowest BCUT2D eigenvalue weighted by molar-refractivity contribution is 0.358. The van der Waals surface area contributed by atoms with Crippen LogP contribution in [0.4, 0.5) is 0 Å². The summed E-state index contributed by atoms with van der Waals surface area (Å²) in [4.78, 5) is 7.98. The van der Waals surface area contributed by atoms with Crippen LogP contribution in [0.25, 0.3) is 0 Å². The van der Waals surface area contributed by atoms with Crippen LogP contribution in [0.1, 0.15) is 5.69 Å². The van der Waals surface area contributed by atoms with Crippen LogP contribution in [0.3, 0.4) is 0 Å². The van der Waals surface area contributed by atoms with Crippen molar-refractivity contribution in [2.45, 2.75) is 5.88 Å². The number of rotatable bonds is 3. The van der Waals surface area contributed by atoms with Gasteiger partial charge in [-0.3, -0.25) is 0 Å². The predicted octanol–water partition coefficient (Wildman–Crippen LogP) is 1.23. The van der Waals surface area contributed by atoms with E-state index in [1.807, 2.05) is 0 Å². The van der Waals surface area contributed by atoms with Crippen LogP contribution in [-0.2, 0) is 5.88 Å². The number of nitrogens with zero attached hydrogens (tertiary/aromatic N) is 2. The molecule has 66 valence electrons. The van der Waals surface area contributed by atoms with Crippen LogP contribution >= 0.6 is 11.6 Å². The molecule has 12 heavy (non-hydrogen) atoms. The highest BCUT2D eigenvalue weighted by atomic mass is 35.5. The second kappa shape index (κ2) is 4.11. The Morgan fingerprint density at radius 2 is 2.17 bits per heavy atom. The highest BCUT2D eigenvalue weighted by Gasteiger charge is 2.06. The normalized spacial score (nSPS) is 9.58. The third kappa shape index (κ3) is 1.76. The summed E-state index contributed by atoms with van der Waals surface area (Å²) in [6, 6.07) is 0. The Hall–Kier alpha value is -1.03. The van der Waals surface area contributed by atoms with E-state index < -0.39 is 0 Å². The SMILES string of the molecule is COc1cnc(CCl)c(OC)n1. The number of aromatic nitrogens is 2. The molecule has 0 bridgehead atoms. The standard InChI is InChI=1S/C7H9ClN2O2/c1-11-6-4-9-5(3-8)7(10-6)12-2/h4H,3H2,1-2H3. The quantitative estimate of drug-likeness (QED) is 0.670. The average Bonchev–Trinajstić information content (AvgIpc) is 2.16. The second-order valence-corrected chi connectivity index (χ2v) is 2.27. The van der Waals surface area contributed by atoms with E-state index in [1.54, 1.807) is 0 Å². The summed E-state index contributed by atoms with van der Waals surface area (Å²) in [5, 5.41) is 0. The Bertz CT molecular complexity index is 268. The van der Waals surface area contributed by atoms with Gasteiger partial charge in [-0.1, -0.05) is 0 Å². The fourth-order valence-corrected chi connectivity index (χ4v) is 0.919. The Kier molecular flexibility index (Phi) is 3.10. The lowest BCUT2D eigenvalue weighted by Gasteiger charge is -2.04. The monoisotopic (exact) mass is 188 g/mol. The van der Waals surface area contributed by atoms with E-state index in [-0.39, 0.29) is 5.88 Å². The summed E-state index contributed by atoms with van der Waals surface area (Å²) in [5.41, 5.74) is 0.611. The van der Waals surface area contributed by atoms with Gasteiger partial charge in [-0.15, -0.1) is 11.6 Å². The summed E-state index contributed by atoms with van der Waals surface area (Å²) in [6.45, 7) is 0. The first-order valence-electron chi connectivity index (χ1n) is 3.31. The summed E-state index contributed by atoms with van der Waals surface area (Å²) in [7, 11) is 3.03. The number of hydrogen-bond acceptors (Lipinski definition) is 4. The van der Waals surface area contributed by atoms with Crippen molar-refractivity contribution < 1.29 is 9.47 Å². The van der Waals surface area contributed by atoms with Gasteiger partial charge in [0.05, 0.1) is 26.3 Å². The zero-order valence-electron chi connectivity index (χ0n) is 6.87. The van der Waals surface area contributed by atoms with E-state index in [9.17, 15) is 0 Å². The van der Waals surface area contributed by atoms with Gasteiger partial charge < -0.3 is 9.47 Å². The van der Waals surface area contributed by atoms with Crippen LogP contribution in [-0.4, -0.2) is 24.2 Å². The van der Waals surface area contributed by atoms with E-state index in [0.29, 0.717) is 17.5 Å². The summed E-state index contributed by atoms with van der Waals surface area (Å²) < 4.78 is 9.80. The van der Waals surface area contributed by atoms with Crippen molar-refractivity contribution in [3.63, 3.8) is 0 Å². The van der Waals surface area contributed by atoms with Crippen LogP contribution in [0, 0.1) is 0 Å². The van der Waals surface area contributed by atoms with Crippen molar-refractivity contribution in [3.8, 4) is 11.8 Å². The molecule has 0 amide bonds. The summed E-state index contributed by atoms with van der Waals surface area (Å²) >= 11 is 5.58. The molecule has 1 rings (SSSR count). The fourth-order valence-electron chi connectivity index (χ4n) is 0.735. The van der Waals surface area contributed by atoms with E-state index >= 15 is 0 Å². The van der Waals surface area contributed by atoms with E-state index in [0.717, 1.165) is 0 Å². The number of hydrogen-bond donors (Lipinski definition) is 0. The van der Waals surface area contributed by atoms with Crippen LogP contribution in [0.5, 0.6) is 11.8 Å². The van der Waals surface area contributed by atoms with Gasteiger partial charge in [0.2, 0.25) is 11.8 Å². The van der Waals surface area contributed by atoms with Gasteiger partial charge in [-0.25, -0.2) is 4.98 Å². The predicted molar refractivity (Wildman–Crippen MR) is 44.7 cm³/mol. The van der Waals surface area contributed by atoms with Gasteiger partial charge >= 0.3 is 0 Å². The second-order valence-electron chi connectivity index (χ2n) is 2.00. The Morgan fingerprint density at radius 1 is 1.42 bits per heavy atom. The molecule has 5 heteroatoms. The van der Waals surface area contributed by atoms with Crippen LogP contribution in [0.2, 0.25) is 0 Å². The number of alkyl halides is 1. The van der Waals surface area contributed by atoms with Gasteiger partial charge in [0.25, 0.3) is 0 Å². The topological polar surface area (TPSA) is 44.2 Å². The molecule has 0 atom stereocenters. The van der Waals surface area contributed by atoms with Crippen LogP contribution < -0.4 is 9.47 Å². The zero-order chi connectivity index (χ0) is 8.97. The minimum Gasteiger partial charge on any atom is -0.480 e. The van der Waals surface area contributed by atoms with Crippen molar-refractivity contribution >= 4 is 11.6 Å². The Labute approximate surface area is 75.5 Å². The zero-order valence-corrected chi connectivity index (χ0v) is 7.63. The molecule has 1 heterocycles. The molecule has 4 nitrogen and oxygen atoms in total. The molecular formula is C7H9ClN2O2. The van der Waals surface area contributed by atoms with E-state index in [2.05, 4.69) is 9.97 Å². The summed E-state index contributed by atoms with van der Waals surface area (Å²) in [6.07, 6.45) is 1.50. The highest BCUT2D eigenvalue weighted by molar-refractivity contribution is 6.17. The maximum Gasteiger partial charge on any atom is 0.239 e. The first-order chi connectivity index (χ1) is 5.81. The molecule has 0 saturated carbocycles. The van der Waals surface area contributed by atoms with E-state index in [4.69, 9.17) is 21.1 Å². The molecule has 0 N–H and O–H groups in total. The number of methoxy groups -OCH3 is 2. The van der Waals surface area contributed by atoms with Crippen molar-refractivity contribution in [1.29, 1.82) is 0 Å². The third-order valence-corrected chi connectivity index (χ3v) is 1.57. The van der Waals surface area contributed by atoms with Crippen molar-refractivity contribution in [2.24, 2.45) is 0 Å². The molecule has 1 aromatic heterocycles. The number of ether oxygens (including phenoxy) is 2. The van der Waals surface area contributed by atoms with Crippen molar-refractivity contribution in [1.82, 2.24) is 9.97 Å². The molecule has 0 aliphatic rings. The van der Waals surface area contributed by atoms with Crippen molar-refractivity contribution in [3.05, 3.63) is 11.9 Å². The maximum absolute atomic E-state index is 5.58. The van der Waals surface area contributed by atoms with Crippen LogP contribution in [0.15, 0.2) is 6.20 Å². The lowest BCUT2D eigenvalue weighted by Crippen LogP contribution is -1.98. The molecule has 0 unspecified atom stereocenters. The lowest BCUT2D eigenvalue weighted by atomic mass is 10.5. The smallest absolute Gasteiger partial charge is 0.239 e. The molecule has 1 aromatic rings. The number of halogens is 1. The third-order valence-electron chi connectivity index (χ3n) is 1.32. The van der Waals surface area contributed by atoms with Gasteiger partial charge in [-0.05, 0) is 0 Å². The molecule has 0 aromatic carbocycles. The molecule has 0 saturated heterocycles. The molecule has 0 radical (unpaired) electrons. The molecule has 0 spiro atoms.